The molecular weight excluding hydrogens is 498 g/mol. The number of aryl methyl sites for hydroxylation is 2. The van der Waals surface area contributed by atoms with E-state index in [-0.39, 0.29) is 23.3 Å². The van der Waals surface area contributed by atoms with Gasteiger partial charge in [-0.2, -0.15) is 0 Å². The van der Waals surface area contributed by atoms with Crippen LogP contribution in [-0.2, 0) is 26.2 Å². The number of nitrogens with zero attached hydrogens (tertiary/aromatic N) is 2. The molecule has 0 aliphatic heterocycles. The van der Waals surface area contributed by atoms with Crippen LogP contribution in [-0.4, -0.2) is 44.3 Å². The topological polar surface area (TPSA) is 86.8 Å². The maximum absolute atomic E-state index is 13.9. The Bertz CT molecular complexity index is 1340. The molecule has 38 heavy (non-hydrogen) atoms. The fourth-order valence-corrected chi connectivity index (χ4v) is 5.37. The van der Waals surface area contributed by atoms with Gasteiger partial charge in [0.15, 0.2) is 0 Å². The number of hydrogen-bond donors (Lipinski definition) is 1. The molecule has 7 nitrogen and oxygen atoms in total. The molecule has 1 unspecified atom stereocenters. The first-order chi connectivity index (χ1) is 18.0. The van der Waals surface area contributed by atoms with Gasteiger partial charge in [-0.05, 0) is 67.6 Å². The van der Waals surface area contributed by atoms with E-state index in [1.807, 2.05) is 64.1 Å². The van der Waals surface area contributed by atoms with E-state index in [0.29, 0.717) is 12.2 Å². The fourth-order valence-electron chi connectivity index (χ4n) is 3.94. The average molecular weight is 536 g/mol. The summed E-state index contributed by atoms with van der Waals surface area (Å²) in [5.41, 5.74) is 3.15. The molecule has 3 rings (SSSR count). The van der Waals surface area contributed by atoms with Crippen molar-refractivity contribution in [1.82, 2.24) is 10.2 Å². The molecule has 1 atom stereocenters. The molecule has 3 aromatic carbocycles. The molecule has 202 valence electrons. The zero-order valence-electron chi connectivity index (χ0n) is 22.7. The van der Waals surface area contributed by atoms with Crippen LogP contribution in [0.3, 0.4) is 0 Å². The minimum absolute atomic E-state index is 0.0864. The Morgan fingerprint density at radius 2 is 1.45 bits per heavy atom. The zero-order chi connectivity index (χ0) is 27.9. The number of amides is 2. The summed E-state index contributed by atoms with van der Waals surface area (Å²) in [7, 11) is -4.07. The number of nitrogens with one attached hydrogen (secondary N) is 1. The van der Waals surface area contributed by atoms with Gasteiger partial charge in [-0.25, -0.2) is 8.42 Å². The van der Waals surface area contributed by atoms with Crippen LogP contribution in [0.2, 0.25) is 0 Å². The van der Waals surface area contributed by atoms with E-state index in [1.54, 1.807) is 37.3 Å². The Balaban J connectivity index is 2.01. The number of hydrogen-bond acceptors (Lipinski definition) is 4. The molecular formula is C30H37N3O4S. The number of sulfonamides is 1. The third-order valence-corrected chi connectivity index (χ3v) is 8.22. The molecule has 0 saturated carbocycles. The summed E-state index contributed by atoms with van der Waals surface area (Å²) >= 11 is 0. The largest absolute Gasteiger partial charge is 0.354 e. The van der Waals surface area contributed by atoms with Crippen LogP contribution in [0.25, 0.3) is 0 Å². The third kappa shape index (κ3) is 7.22. The lowest BCUT2D eigenvalue weighted by atomic mass is 10.1. The van der Waals surface area contributed by atoms with Crippen molar-refractivity contribution in [1.29, 1.82) is 0 Å². The van der Waals surface area contributed by atoms with Crippen LogP contribution >= 0.6 is 0 Å². The minimum Gasteiger partial charge on any atom is -0.354 e. The molecule has 0 fully saturated rings. The summed E-state index contributed by atoms with van der Waals surface area (Å²) in [6.07, 6.45) is 0. The molecule has 3 aromatic rings. The summed E-state index contributed by atoms with van der Waals surface area (Å²) in [4.78, 5) is 28.4. The second-order valence-corrected chi connectivity index (χ2v) is 11.8. The Labute approximate surface area is 226 Å². The number of benzene rings is 3. The fraction of sp³-hybridized carbons (Fsp3) is 0.333. The lowest BCUT2D eigenvalue weighted by molar-refractivity contribution is -0.139. The molecule has 2 amide bonds. The van der Waals surface area contributed by atoms with Crippen molar-refractivity contribution in [3.8, 4) is 0 Å². The van der Waals surface area contributed by atoms with Gasteiger partial charge in [-0.1, -0.05) is 68.4 Å². The quantitative estimate of drug-likeness (QED) is 0.386. The molecule has 0 aliphatic carbocycles. The van der Waals surface area contributed by atoms with Crippen LogP contribution < -0.4 is 9.62 Å². The highest BCUT2D eigenvalue weighted by molar-refractivity contribution is 7.92. The van der Waals surface area contributed by atoms with E-state index in [1.165, 1.54) is 17.0 Å². The van der Waals surface area contributed by atoms with Gasteiger partial charge in [0.2, 0.25) is 11.8 Å². The number of anilines is 1. The van der Waals surface area contributed by atoms with Crippen LogP contribution in [0.1, 0.15) is 37.5 Å². The standard InChI is InChI=1S/C30H37N3O4S/c1-22(2)19-31-30(35)25(5)32(20-26-12-8-6-9-13-26)29(34)21-33(27-17-16-23(3)24(4)18-27)38(36,37)28-14-10-7-11-15-28/h6-18,22,25H,19-21H2,1-5H3,(H,31,35). The molecule has 0 radical (unpaired) electrons. The number of carbonyl (C=O) groups excluding carboxylic acids is 2. The van der Waals surface area contributed by atoms with E-state index < -0.39 is 28.5 Å². The first kappa shape index (κ1) is 28.9. The van der Waals surface area contributed by atoms with E-state index in [4.69, 9.17) is 0 Å². The van der Waals surface area contributed by atoms with E-state index >= 15 is 0 Å². The van der Waals surface area contributed by atoms with Crippen LogP contribution in [0.4, 0.5) is 5.69 Å². The van der Waals surface area contributed by atoms with Crippen molar-refractivity contribution < 1.29 is 18.0 Å². The van der Waals surface area contributed by atoms with E-state index in [9.17, 15) is 18.0 Å². The maximum atomic E-state index is 13.9. The molecule has 0 spiro atoms. The molecule has 0 heterocycles. The first-order valence-electron chi connectivity index (χ1n) is 12.8. The van der Waals surface area contributed by atoms with E-state index in [2.05, 4.69) is 5.32 Å². The number of carbonyl (C=O) groups is 2. The Kier molecular flexibility index (Phi) is 9.69. The zero-order valence-corrected chi connectivity index (χ0v) is 23.5. The smallest absolute Gasteiger partial charge is 0.264 e. The molecule has 0 aliphatic rings. The Hall–Kier alpha value is -3.65. The van der Waals surface area contributed by atoms with Gasteiger partial charge in [-0.3, -0.25) is 13.9 Å². The second-order valence-electron chi connectivity index (χ2n) is 9.92. The highest BCUT2D eigenvalue weighted by Crippen LogP contribution is 2.26. The molecule has 8 heteroatoms. The highest BCUT2D eigenvalue weighted by Gasteiger charge is 2.32. The van der Waals surface area contributed by atoms with Gasteiger partial charge in [0, 0.05) is 13.1 Å². The third-order valence-electron chi connectivity index (χ3n) is 6.44. The SMILES string of the molecule is Cc1ccc(N(CC(=O)N(Cc2ccccc2)C(C)C(=O)NCC(C)C)S(=O)(=O)c2ccccc2)cc1C. The van der Waals surface area contributed by atoms with Crippen molar-refractivity contribution >= 4 is 27.5 Å². The van der Waals surface area contributed by atoms with Crippen LogP contribution in [0.5, 0.6) is 0 Å². The predicted octanol–water partition coefficient (Wildman–Crippen LogP) is 4.69. The molecule has 0 saturated heterocycles. The summed E-state index contributed by atoms with van der Waals surface area (Å²) in [6.45, 7) is 9.70. The van der Waals surface area contributed by atoms with Crippen molar-refractivity contribution in [2.24, 2.45) is 5.92 Å². The summed E-state index contributed by atoms with van der Waals surface area (Å²) in [5, 5.41) is 2.89. The van der Waals surface area contributed by atoms with Gasteiger partial charge in [0.25, 0.3) is 10.0 Å². The van der Waals surface area contributed by atoms with Gasteiger partial charge >= 0.3 is 0 Å². The average Bonchev–Trinajstić information content (AvgIpc) is 2.91. The van der Waals surface area contributed by atoms with Crippen molar-refractivity contribution in [2.75, 3.05) is 17.4 Å². The molecule has 1 N–H and O–H groups in total. The summed E-state index contributed by atoms with van der Waals surface area (Å²) in [5.74, 6) is -0.508. The normalized spacial score (nSPS) is 12.2. The van der Waals surface area contributed by atoms with Crippen LogP contribution in [0, 0.1) is 19.8 Å². The van der Waals surface area contributed by atoms with E-state index in [0.717, 1.165) is 21.0 Å². The second kappa shape index (κ2) is 12.7. The first-order valence-corrected chi connectivity index (χ1v) is 14.2. The highest BCUT2D eigenvalue weighted by atomic mass is 32.2. The van der Waals surface area contributed by atoms with Gasteiger partial charge < -0.3 is 10.2 Å². The van der Waals surface area contributed by atoms with Gasteiger partial charge in [0.05, 0.1) is 10.6 Å². The Morgan fingerprint density at radius 3 is 2.03 bits per heavy atom. The Morgan fingerprint density at radius 1 is 0.842 bits per heavy atom. The lowest BCUT2D eigenvalue weighted by Gasteiger charge is -2.32. The number of rotatable bonds is 11. The minimum atomic E-state index is -4.07. The van der Waals surface area contributed by atoms with Crippen molar-refractivity contribution in [3.63, 3.8) is 0 Å². The van der Waals surface area contributed by atoms with Gasteiger partial charge in [-0.15, -0.1) is 0 Å². The van der Waals surface area contributed by atoms with Crippen molar-refractivity contribution in [2.45, 2.75) is 52.1 Å². The van der Waals surface area contributed by atoms with Crippen molar-refractivity contribution in [3.05, 3.63) is 95.6 Å². The predicted molar refractivity (Wildman–Crippen MR) is 151 cm³/mol. The maximum Gasteiger partial charge on any atom is 0.264 e. The summed E-state index contributed by atoms with van der Waals surface area (Å²) in [6, 6.07) is 21.9. The summed E-state index contributed by atoms with van der Waals surface area (Å²) < 4.78 is 28.7. The van der Waals surface area contributed by atoms with Gasteiger partial charge in [0.1, 0.15) is 12.6 Å². The monoisotopic (exact) mass is 535 g/mol. The molecule has 0 aromatic heterocycles. The lowest BCUT2D eigenvalue weighted by Crippen LogP contribution is -2.51. The van der Waals surface area contributed by atoms with Crippen LogP contribution in [0.15, 0.2) is 83.8 Å². The molecule has 0 bridgehead atoms.